The largest absolute Gasteiger partial charge is 0.396 e. The number of aliphatic hydroxyl groups is 1. The summed E-state index contributed by atoms with van der Waals surface area (Å²) < 4.78 is 0. The van der Waals surface area contributed by atoms with Gasteiger partial charge in [0.15, 0.2) is 0 Å². The number of rotatable bonds is 7. The van der Waals surface area contributed by atoms with Crippen molar-refractivity contribution in [3.05, 3.63) is 35.4 Å². The standard InChI is InChI=1S/C19H28N2O3/c1-14-5-7-15(8-6-14)9-10-17(23)20-12-18(24)21-16-4-3-11-19(16,2)13-22/h5-8,16,22H,3-4,9-13H2,1-2H3,(H,20,23)(H,21,24). The summed E-state index contributed by atoms with van der Waals surface area (Å²) in [5.74, 6) is -0.313. The number of benzene rings is 1. The van der Waals surface area contributed by atoms with E-state index in [1.165, 1.54) is 5.56 Å². The molecule has 0 aromatic heterocycles. The summed E-state index contributed by atoms with van der Waals surface area (Å²) in [6.07, 6.45) is 3.83. The second kappa shape index (κ2) is 8.29. The first-order valence-corrected chi connectivity index (χ1v) is 8.65. The van der Waals surface area contributed by atoms with Crippen LogP contribution in [-0.4, -0.2) is 36.1 Å². The van der Waals surface area contributed by atoms with Gasteiger partial charge >= 0.3 is 0 Å². The lowest BCUT2D eigenvalue weighted by atomic mass is 9.86. The summed E-state index contributed by atoms with van der Waals surface area (Å²) in [7, 11) is 0. The third kappa shape index (κ3) is 5.06. The van der Waals surface area contributed by atoms with Gasteiger partial charge in [-0.15, -0.1) is 0 Å². The van der Waals surface area contributed by atoms with Gasteiger partial charge in [0, 0.05) is 17.9 Å². The van der Waals surface area contributed by atoms with Gasteiger partial charge in [-0.3, -0.25) is 9.59 Å². The molecule has 0 heterocycles. The number of carbonyl (C=O) groups is 2. The van der Waals surface area contributed by atoms with Crippen molar-refractivity contribution in [2.45, 2.75) is 52.0 Å². The number of amides is 2. The molecule has 1 fully saturated rings. The minimum absolute atomic E-state index is 0.00919. The molecule has 2 amide bonds. The molecule has 2 unspecified atom stereocenters. The third-order valence-electron chi connectivity index (χ3n) is 4.99. The van der Waals surface area contributed by atoms with Gasteiger partial charge in [-0.1, -0.05) is 43.2 Å². The summed E-state index contributed by atoms with van der Waals surface area (Å²) >= 11 is 0. The van der Waals surface area contributed by atoms with Crippen molar-refractivity contribution in [3.63, 3.8) is 0 Å². The molecule has 24 heavy (non-hydrogen) atoms. The van der Waals surface area contributed by atoms with E-state index in [0.717, 1.165) is 24.8 Å². The zero-order valence-electron chi connectivity index (χ0n) is 14.6. The molecule has 0 radical (unpaired) electrons. The summed E-state index contributed by atoms with van der Waals surface area (Å²) in [4.78, 5) is 23.9. The van der Waals surface area contributed by atoms with Crippen LogP contribution in [0.4, 0.5) is 0 Å². The van der Waals surface area contributed by atoms with Crippen molar-refractivity contribution in [2.24, 2.45) is 5.41 Å². The Labute approximate surface area is 143 Å². The van der Waals surface area contributed by atoms with Gasteiger partial charge in [-0.25, -0.2) is 0 Å². The van der Waals surface area contributed by atoms with Gasteiger partial charge in [0.25, 0.3) is 0 Å². The second-order valence-electron chi connectivity index (χ2n) is 7.09. The number of carbonyl (C=O) groups excluding carboxylic acids is 2. The molecule has 3 N–H and O–H groups in total. The van der Waals surface area contributed by atoms with Crippen molar-refractivity contribution >= 4 is 11.8 Å². The molecule has 132 valence electrons. The van der Waals surface area contributed by atoms with Crippen LogP contribution in [0.1, 0.15) is 43.7 Å². The fourth-order valence-corrected chi connectivity index (χ4v) is 3.19. The molecule has 1 aromatic carbocycles. The normalized spacial score (nSPS) is 23.0. The molecule has 2 rings (SSSR count). The maximum absolute atomic E-state index is 12.0. The predicted molar refractivity (Wildman–Crippen MR) is 93.5 cm³/mol. The van der Waals surface area contributed by atoms with Crippen molar-refractivity contribution in [2.75, 3.05) is 13.2 Å². The molecule has 1 aliphatic rings. The summed E-state index contributed by atoms with van der Waals surface area (Å²) in [5.41, 5.74) is 2.07. The Morgan fingerprint density at radius 1 is 1.25 bits per heavy atom. The Morgan fingerprint density at radius 2 is 1.96 bits per heavy atom. The predicted octanol–water partition coefficient (Wildman–Crippen LogP) is 1.71. The Balaban J connectivity index is 1.69. The smallest absolute Gasteiger partial charge is 0.239 e. The van der Waals surface area contributed by atoms with Crippen molar-refractivity contribution < 1.29 is 14.7 Å². The van der Waals surface area contributed by atoms with Gasteiger partial charge in [0.05, 0.1) is 13.2 Å². The number of hydrogen-bond acceptors (Lipinski definition) is 3. The quantitative estimate of drug-likeness (QED) is 0.711. The average molecular weight is 332 g/mol. The fourth-order valence-electron chi connectivity index (χ4n) is 3.19. The first-order chi connectivity index (χ1) is 11.4. The monoisotopic (exact) mass is 332 g/mol. The van der Waals surface area contributed by atoms with E-state index in [0.29, 0.717) is 12.8 Å². The molecule has 0 aliphatic heterocycles. The van der Waals surface area contributed by atoms with E-state index in [1.807, 2.05) is 38.1 Å². The molecule has 5 heteroatoms. The van der Waals surface area contributed by atoms with Crippen LogP contribution >= 0.6 is 0 Å². The van der Waals surface area contributed by atoms with E-state index in [1.54, 1.807) is 0 Å². The van der Waals surface area contributed by atoms with E-state index in [-0.39, 0.29) is 36.4 Å². The lowest BCUT2D eigenvalue weighted by molar-refractivity contribution is -0.126. The first kappa shape index (κ1) is 18.5. The van der Waals surface area contributed by atoms with Gasteiger partial charge in [-0.05, 0) is 31.7 Å². The van der Waals surface area contributed by atoms with Gasteiger partial charge in [0.2, 0.25) is 11.8 Å². The maximum atomic E-state index is 12.0. The summed E-state index contributed by atoms with van der Waals surface area (Å²) in [6, 6.07) is 8.08. The van der Waals surface area contributed by atoms with Crippen molar-refractivity contribution in [3.8, 4) is 0 Å². The van der Waals surface area contributed by atoms with Crippen LogP contribution in [0, 0.1) is 12.3 Å². The highest BCUT2D eigenvalue weighted by molar-refractivity contribution is 5.84. The highest BCUT2D eigenvalue weighted by atomic mass is 16.3. The van der Waals surface area contributed by atoms with Gasteiger partial charge in [-0.2, -0.15) is 0 Å². The number of nitrogens with one attached hydrogen (secondary N) is 2. The van der Waals surface area contributed by atoms with E-state index >= 15 is 0 Å². The van der Waals surface area contributed by atoms with E-state index in [2.05, 4.69) is 10.6 Å². The fraction of sp³-hybridized carbons (Fsp3) is 0.579. The van der Waals surface area contributed by atoms with Crippen LogP contribution in [0.5, 0.6) is 0 Å². The lowest BCUT2D eigenvalue weighted by Crippen LogP contribution is -2.48. The SMILES string of the molecule is Cc1ccc(CCC(=O)NCC(=O)NC2CCCC2(C)CO)cc1. The molecule has 0 bridgehead atoms. The average Bonchev–Trinajstić information content (AvgIpc) is 2.94. The van der Waals surface area contributed by atoms with Crippen LogP contribution in [0.2, 0.25) is 0 Å². The zero-order valence-corrected chi connectivity index (χ0v) is 14.6. The van der Waals surface area contributed by atoms with Crippen LogP contribution in [0.3, 0.4) is 0 Å². The number of aryl methyl sites for hydroxylation is 2. The molecule has 0 saturated heterocycles. The minimum Gasteiger partial charge on any atom is -0.396 e. The molecule has 1 aromatic rings. The molecule has 1 saturated carbocycles. The highest BCUT2D eigenvalue weighted by Gasteiger charge is 2.38. The Bertz CT molecular complexity index is 570. The Morgan fingerprint density at radius 3 is 2.62 bits per heavy atom. The van der Waals surface area contributed by atoms with E-state index < -0.39 is 0 Å². The Kier molecular flexibility index (Phi) is 6.37. The second-order valence-corrected chi connectivity index (χ2v) is 7.09. The lowest BCUT2D eigenvalue weighted by Gasteiger charge is -2.30. The zero-order chi connectivity index (χ0) is 17.6. The van der Waals surface area contributed by atoms with E-state index in [9.17, 15) is 14.7 Å². The molecule has 0 spiro atoms. The number of aliphatic hydroxyl groups excluding tert-OH is 1. The molecular weight excluding hydrogens is 304 g/mol. The Hall–Kier alpha value is -1.88. The summed E-state index contributed by atoms with van der Waals surface area (Å²) in [6.45, 7) is 4.08. The molecule has 1 aliphatic carbocycles. The van der Waals surface area contributed by atoms with Gasteiger partial charge < -0.3 is 15.7 Å². The molecular formula is C19H28N2O3. The van der Waals surface area contributed by atoms with Crippen LogP contribution in [0.25, 0.3) is 0 Å². The minimum atomic E-state index is -0.245. The van der Waals surface area contributed by atoms with Crippen molar-refractivity contribution in [1.82, 2.24) is 10.6 Å². The van der Waals surface area contributed by atoms with Crippen LogP contribution < -0.4 is 10.6 Å². The van der Waals surface area contributed by atoms with Gasteiger partial charge in [0.1, 0.15) is 0 Å². The third-order valence-corrected chi connectivity index (χ3v) is 4.99. The van der Waals surface area contributed by atoms with E-state index in [4.69, 9.17) is 0 Å². The van der Waals surface area contributed by atoms with Crippen molar-refractivity contribution in [1.29, 1.82) is 0 Å². The van der Waals surface area contributed by atoms with Crippen LogP contribution in [0.15, 0.2) is 24.3 Å². The number of hydrogen-bond donors (Lipinski definition) is 3. The highest BCUT2D eigenvalue weighted by Crippen LogP contribution is 2.37. The molecule has 2 atom stereocenters. The maximum Gasteiger partial charge on any atom is 0.239 e. The molecule has 5 nitrogen and oxygen atoms in total. The van der Waals surface area contributed by atoms with Crippen LogP contribution in [-0.2, 0) is 16.0 Å². The summed E-state index contributed by atoms with van der Waals surface area (Å²) in [5, 5.41) is 15.1. The topological polar surface area (TPSA) is 78.4 Å². The first-order valence-electron chi connectivity index (χ1n) is 8.65.